The van der Waals surface area contributed by atoms with E-state index in [-0.39, 0.29) is 26.5 Å². The summed E-state index contributed by atoms with van der Waals surface area (Å²) in [7, 11) is 0. The molecule has 10 rings (SSSR count). The number of aromatic nitrogens is 2. The third-order valence-electron chi connectivity index (χ3n) is 12.2. The molecule has 0 unspecified atom stereocenters. The van der Waals surface area contributed by atoms with E-state index in [9.17, 15) is 0 Å². The average Bonchev–Trinajstić information content (AvgIpc) is 3.85. The smallest absolute Gasteiger partial charge is 0.135 e. The summed E-state index contributed by atoms with van der Waals surface area (Å²) in [6, 6.07) is 63.3. The number of anilines is 4. The number of benzene rings is 7. The fourth-order valence-corrected chi connectivity index (χ4v) is 9.02. The van der Waals surface area contributed by atoms with E-state index in [4.69, 9.17) is 9.72 Å². The van der Waals surface area contributed by atoms with Crippen molar-refractivity contribution in [2.45, 2.75) is 65.7 Å². The molecule has 0 atom stereocenters. The third kappa shape index (κ3) is 7.92. The summed E-state index contributed by atoms with van der Waals surface area (Å²) in [6.45, 7) is 18.0. The van der Waals surface area contributed by atoms with Crippen LogP contribution in [0.4, 0.5) is 22.7 Å². The SMILES string of the molecule is CC(C)c1cccc(C(C)C)c1-c1cc(-c2ccccc2)cc(N2[CH-]N(c3[c-]c(Oc4[c-]c5c(cc4)c4ccccc4n5-c4cc(C(C)(C)C)ccn4)ccc3)c3ccccc32)c1.[Pt]. The number of ether oxygens (including phenoxy) is 1. The van der Waals surface area contributed by atoms with Gasteiger partial charge in [0.05, 0.1) is 0 Å². The van der Waals surface area contributed by atoms with Gasteiger partial charge in [-0.2, -0.15) is 12.1 Å². The van der Waals surface area contributed by atoms with Crippen LogP contribution in [-0.2, 0) is 26.5 Å². The molecule has 0 N–H and O–H groups in total. The first-order valence-corrected chi connectivity index (χ1v) is 22.0. The Morgan fingerprint density at radius 1 is 0.578 bits per heavy atom. The van der Waals surface area contributed by atoms with E-state index in [1.165, 1.54) is 38.9 Å². The molecule has 5 nitrogen and oxygen atoms in total. The van der Waals surface area contributed by atoms with Gasteiger partial charge in [0.25, 0.3) is 0 Å². The number of pyridine rings is 1. The minimum atomic E-state index is -0.0219. The minimum Gasteiger partial charge on any atom is -0.509 e. The summed E-state index contributed by atoms with van der Waals surface area (Å²) in [5.41, 5.74) is 14.9. The molecule has 2 aromatic heterocycles. The van der Waals surface area contributed by atoms with E-state index in [2.05, 4.69) is 221 Å². The van der Waals surface area contributed by atoms with Gasteiger partial charge in [0.1, 0.15) is 5.82 Å². The van der Waals surface area contributed by atoms with Crippen molar-refractivity contribution in [2.75, 3.05) is 9.80 Å². The first kappa shape index (κ1) is 42.9. The molecule has 0 fully saturated rings. The van der Waals surface area contributed by atoms with Gasteiger partial charge in [0.2, 0.25) is 0 Å². The number of para-hydroxylation sites is 3. The average molecular weight is 1020 g/mol. The summed E-state index contributed by atoms with van der Waals surface area (Å²) in [5, 5.41) is 2.24. The van der Waals surface area contributed by atoms with Gasteiger partial charge in [-0.25, -0.2) is 4.98 Å². The van der Waals surface area contributed by atoms with Crippen LogP contribution in [0.15, 0.2) is 164 Å². The van der Waals surface area contributed by atoms with Crippen LogP contribution in [0.25, 0.3) is 49.9 Å². The zero-order valence-corrected chi connectivity index (χ0v) is 39.6. The molecule has 0 saturated heterocycles. The Morgan fingerprint density at radius 2 is 1.23 bits per heavy atom. The molecule has 1 aliphatic rings. The zero-order valence-electron chi connectivity index (χ0n) is 37.3. The first-order chi connectivity index (χ1) is 30.5. The van der Waals surface area contributed by atoms with E-state index in [0.717, 1.165) is 50.4 Å². The van der Waals surface area contributed by atoms with Crippen LogP contribution >= 0.6 is 0 Å². The molecule has 0 bridgehead atoms. The number of rotatable bonds is 9. The van der Waals surface area contributed by atoms with Gasteiger partial charge in [-0.15, -0.1) is 48.1 Å². The van der Waals surface area contributed by atoms with Crippen molar-refractivity contribution < 1.29 is 25.8 Å². The Kier molecular flexibility index (Phi) is 11.6. The van der Waals surface area contributed by atoms with Crippen molar-refractivity contribution in [3.05, 3.63) is 199 Å². The van der Waals surface area contributed by atoms with Gasteiger partial charge in [-0.05, 0) is 110 Å². The van der Waals surface area contributed by atoms with E-state index in [1.54, 1.807) is 0 Å². The van der Waals surface area contributed by atoms with Gasteiger partial charge in [-0.1, -0.05) is 133 Å². The second-order valence-corrected chi connectivity index (χ2v) is 18.2. The van der Waals surface area contributed by atoms with Crippen molar-refractivity contribution in [1.29, 1.82) is 0 Å². The van der Waals surface area contributed by atoms with E-state index in [1.807, 2.05) is 24.4 Å². The van der Waals surface area contributed by atoms with Crippen molar-refractivity contribution in [1.82, 2.24) is 9.55 Å². The third-order valence-corrected chi connectivity index (χ3v) is 12.2. The molecule has 9 aromatic rings. The molecule has 322 valence electrons. The molecule has 7 aromatic carbocycles. The second kappa shape index (κ2) is 17.3. The standard InChI is InChI=1S/C58H51N4O.Pt/c1-38(2)48-22-16-23-49(39(3)4)57(48)42-31-41(40-17-9-8-10-18-40)32-45(33-42)61-37-60(53-25-13-14-26-54(53)61)44-19-15-20-46(35-44)63-47-27-28-51-50-21-11-12-24-52(50)62(55(51)36-47)56-34-43(29-30-59-56)58(5,6)7;/h8-34,37-39H,1-7H3;/q-3;. The predicted octanol–water partition coefficient (Wildman–Crippen LogP) is 15.9. The molecule has 6 heteroatoms. The molecule has 0 radical (unpaired) electrons. The van der Waals surface area contributed by atoms with Crippen molar-refractivity contribution in [3.63, 3.8) is 0 Å². The topological polar surface area (TPSA) is 33.5 Å². The fourth-order valence-electron chi connectivity index (χ4n) is 9.02. The number of hydrogen-bond donors (Lipinski definition) is 0. The van der Waals surface area contributed by atoms with Crippen LogP contribution in [-0.4, -0.2) is 9.55 Å². The van der Waals surface area contributed by atoms with Crippen molar-refractivity contribution >= 4 is 44.6 Å². The van der Waals surface area contributed by atoms with E-state index in [0.29, 0.717) is 23.3 Å². The van der Waals surface area contributed by atoms with Gasteiger partial charge in [-0.3, -0.25) is 0 Å². The molecule has 3 heterocycles. The van der Waals surface area contributed by atoms with Crippen molar-refractivity contribution in [3.8, 4) is 39.6 Å². The Balaban J connectivity index is 0.00000518. The number of fused-ring (bicyclic) bond motifs is 4. The van der Waals surface area contributed by atoms with Gasteiger partial charge >= 0.3 is 0 Å². The van der Waals surface area contributed by atoms with Gasteiger partial charge in [0, 0.05) is 61.3 Å². The van der Waals surface area contributed by atoms with Crippen LogP contribution in [0.3, 0.4) is 0 Å². The maximum Gasteiger partial charge on any atom is 0.135 e. The normalized spacial score (nSPS) is 12.6. The van der Waals surface area contributed by atoms with Crippen LogP contribution in [0.1, 0.15) is 77.0 Å². The molecule has 1 aliphatic heterocycles. The quantitative estimate of drug-likeness (QED) is 0.135. The molecule has 0 spiro atoms. The van der Waals surface area contributed by atoms with Crippen LogP contribution in [0.2, 0.25) is 0 Å². The summed E-state index contributed by atoms with van der Waals surface area (Å²) in [5.74, 6) is 2.80. The summed E-state index contributed by atoms with van der Waals surface area (Å²) < 4.78 is 8.84. The Labute approximate surface area is 392 Å². The number of hydrogen-bond acceptors (Lipinski definition) is 4. The zero-order chi connectivity index (χ0) is 43.4. The molecular weight excluding hydrogens is 964 g/mol. The van der Waals surface area contributed by atoms with E-state index < -0.39 is 0 Å². The molecule has 64 heavy (non-hydrogen) atoms. The van der Waals surface area contributed by atoms with Crippen LogP contribution in [0.5, 0.6) is 11.5 Å². The fraction of sp³-hybridized carbons (Fsp3) is 0.172. The number of nitrogens with zero attached hydrogens (tertiary/aromatic N) is 4. The van der Waals surface area contributed by atoms with E-state index >= 15 is 0 Å². The Hall–Kier alpha value is -6.42. The second-order valence-electron chi connectivity index (χ2n) is 18.2. The molecular formula is C58H51N4OPt-3. The molecule has 0 saturated carbocycles. The molecule has 0 amide bonds. The monoisotopic (exact) mass is 1010 g/mol. The summed E-state index contributed by atoms with van der Waals surface area (Å²) in [4.78, 5) is 9.37. The van der Waals surface area contributed by atoms with Gasteiger partial charge < -0.3 is 19.1 Å². The molecule has 0 aliphatic carbocycles. The maximum absolute atomic E-state index is 6.64. The Morgan fingerprint density at radius 3 is 1.97 bits per heavy atom. The Bertz CT molecular complexity index is 3120. The van der Waals surface area contributed by atoms with Crippen molar-refractivity contribution in [2.24, 2.45) is 0 Å². The predicted molar refractivity (Wildman–Crippen MR) is 262 cm³/mol. The minimum absolute atomic E-state index is 0. The maximum atomic E-state index is 6.64. The summed E-state index contributed by atoms with van der Waals surface area (Å²) in [6.07, 6.45) is 1.90. The van der Waals surface area contributed by atoms with Crippen LogP contribution < -0.4 is 14.5 Å². The first-order valence-electron chi connectivity index (χ1n) is 22.0. The van der Waals surface area contributed by atoms with Crippen LogP contribution in [0, 0.1) is 18.8 Å². The summed E-state index contributed by atoms with van der Waals surface area (Å²) >= 11 is 0. The largest absolute Gasteiger partial charge is 0.509 e. The van der Waals surface area contributed by atoms with Gasteiger partial charge in [0.15, 0.2) is 0 Å².